The zero-order valence-corrected chi connectivity index (χ0v) is 54.4. The number of rotatable bonds is 63. The SMILES string of the molecule is CCCCCCCCCCCCCCCCCCC(=O)O[C@H](COC(=O)CCCCCCCCC(C)CC)COP(=O)(O)OC[C@@H](O)COP(=O)(O)OC[C@@H](COC(=O)CCCCCCCCCC)OC(=O)CCCCCCCCCC. The molecule has 3 N–H and O–H groups in total. The molecular weight excluding hydrogens is 1090 g/mol. The first kappa shape index (κ1) is 80.1. The number of carbonyl (C=O) groups excluding carboxylic acids is 4. The minimum atomic E-state index is -4.94. The molecule has 0 aromatic heterocycles. The molecule has 6 atom stereocenters. The zero-order chi connectivity index (χ0) is 60.6. The maximum absolute atomic E-state index is 13.0. The van der Waals surface area contributed by atoms with Crippen molar-refractivity contribution in [3.63, 3.8) is 0 Å². The number of aliphatic hydroxyl groups is 1. The molecule has 0 saturated heterocycles. The molecule has 486 valence electrons. The first-order valence-electron chi connectivity index (χ1n) is 33.2. The summed E-state index contributed by atoms with van der Waals surface area (Å²) < 4.78 is 67.8. The lowest BCUT2D eigenvalue weighted by Gasteiger charge is -2.21. The van der Waals surface area contributed by atoms with Crippen LogP contribution in [-0.2, 0) is 65.4 Å². The molecule has 0 saturated carbocycles. The molecule has 0 aromatic rings. The summed E-state index contributed by atoms with van der Waals surface area (Å²) in [4.78, 5) is 72.0. The summed E-state index contributed by atoms with van der Waals surface area (Å²) in [5, 5.41) is 10.5. The van der Waals surface area contributed by atoms with Crippen LogP contribution in [-0.4, -0.2) is 96.7 Å². The van der Waals surface area contributed by atoms with Crippen LogP contribution in [0.2, 0.25) is 0 Å². The summed E-state index contributed by atoms with van der Waals surface area (Å²) in [6.07, 6.45) is 40.4. The fraction of sp³-hybridized carbons (Fsp3) is 0.937. The summed E-state index contributed by atoms with van der Waals surface area (Å²) in [6.45, 7) is 7.10. The molecular formula is C63H122O17P2. The van der Waals surface area contributed by atoms with Crippen molar-refractivity contribution in [3.05, 3.63) is 0 Å². The van der Waals surface area contributed by atoms with Crippen LogP contribution in [0.3, 0.4) is 0 Å². The van der Waals surface area contributed by atoms with E-state index >= 15 is 0 Å². The Morgan fingerprint density at radius 3 is 0.866 bits per heavy atom. The number of aliphatic hydroxyl groups excluding tert-OH is 1. The van der Waals surface area contributed by atoms with Gasteiger partial charge in [0, 0.05) is 25.7 Å². The Morgan fingerprint density at radius 2 is 0.585 bits per heavy atom. The van der Waals surface area contributed by atoms with Crippen LogP contribution in [0.1, 0.15) is 317 Å². The van der Waals surface area contributed by atoms with E-state index in [-0.39, 0.29) is 25.7 Å². The van der Waals surface area contributed by atoms with Crippen LogP contribution < -0.4 is 0 Å². The summed E-state index contributed by atoms with van der Waals surface area (Å²) in [5.74, 6) is -1.41. The molecule has 0 amide bonds. The molecule has 19 heteroatoms. The number of ether oxygens (including phenoxy) is 4. The smallest absolute Gasteiger partial charge is 0.462 e. The summed E-state index contributed by atoms with van der Waals surface area (Å²) in [6, 6.07) is 0. The Morgan fingerprint density at radius 1 is 0.341 bits per heavy atom. The molecule has 0 aromatic carbocycles. The lowest BCUT2D eigenvalue weighted by atomic mass is 10.00. The molecule has 0 rings (SSSR count). The third-order valence-corrected chi connectivity index (χ3v) is 16.8. The van der Waals surface area contributed by atoms with Gasteiger partial charge in [-0.05, 0) is 31.6 Å². The number of phosphoric acid groups is 2. The van der Waals surface area contributed by atoms with Gasteiger partial charge in [0.1, 0.15) is 19.3 Å². The Balaban J connectivity index is 5.19. The number of unbranched alkanes of at least 4 members (excludes halogenated alkanes) is 34. The Bertz CT molecular complexity index is 1600. The Kier molecular flexibility index (Phi) is 55.5. The summed E-state index contributed by atoms with van der Waals surface area (Å²) >= 11 is 0. The van der Waals surface area contributed by atoms with Gasteiger partial charge in [0.2, 0.25) is 0 Å². The van der Waals surface area contributed by atoms with E-state index in [1.165, 1.54) is 122 Å². The van der Waals surface area contributed by atoms with Gasteiger partial charge < -0.3 is 33.8 Å². The van der Waals surface area contributed by atoms with E-state index in [1.807, 2.05) is 0 Å². The van der Waals surface area contributed by atoms with Crippen LogP contribution in [0.25, 0.3) is 0 Å². The van der Waals surface area contributed by atoms with Gasteiger partial charge in [0.15, 0.2) is 12.2 Å². The highest BCUT2D eigenvalue weighted by Gasteiger charge is 2.30. The van der Waals surface area contributed by atoms with E-state index in [0.29, 0.717) is 25.7 Å². The van der Waals surface area contributed by atoms with Crippen molar-refractivity contribution < 1.29 is 80.2 Å². The molecule has 0 aliphatic heterocycles. The maximum Gasteiger partial charge on any atom is 0.472 e. The van der Waals surface area contributed by atoms with Gasteiger partial charge in [0.25, 0.3) is 0 Å². The van der Waals surface area contributed by atoms with Gasteiger partial charge in [-0.3, -0.25) is 37.3 Å². The van der Waals surface area contributed by atoms with Crippen LogP contribution in [0.4, 0.5) is 0 Å². The molecule has 0 fully saturated rings. The first-order valence-corrected chi connectivity index (χ1v) is 36.2. The molecule has 0 aliphatic rings. The van der Waals surface area contributed by atoms with Crippen molar-refractivity contribution in [2.75, 3.05) is 39.6 Å². The van der Waals surface area contributed by atoms with Gasteiger partial charge in [-0.2, -0.15) is 0 Å². The monoisotopic (exact) mass is 1210 g/mol. The molecule has 3 unspecified atom stereocenters. The second-order valence-corrected chi connectivity index (χ2v) is 25.9. The van der Waals surface area contributed by atoms with Crippen LogP contribution in [0.5, 0.6) is 0 Å². The highest BCUT2D eigenvalue weighted by molar-refractivity contribution is 7.47. The average Bonchev–Trinajstić information content (AvgIpc) is 3.45. The number of hydrogen-bond donors (Lipinski definition) is 3. The molecule has 17 nitrogen and oxygen atoms in total. The lowest BCUT2D eigenvalue weighted by Crippen LogP contribution is -2.30. The van der Waals surface area contributed by atoms with Crippen LogP contribution >= 0.6 is 15.6 Å². The Hall–Kier alpha value is -1.94. The largest absolute Gasteiger partial charge is 0.472 e. The van der Waals surface area contributed by atoms with Gasteiger partial charge in [0.05, 0.1) is 26.4 Å². The van der Waals surface area contributed by atoms with Crippen molar-refractivity contribution in [3.8, 4) is 0 Å². The molecule has 0 radical (unpaired) electrons. The van der Waals surface area contributed by atoms with Crippen LogP contribution in [0.15, 0.2) is 0 Å². The highest BCUT2D eigenvalue weighted by Crippen LogP contribution is 2.45. The maximum atomic E-state index is 13.0. The van der Waals surface area contributed by atoms with E-state index in [9.17, 15) is 43.2 Å². The van der Waals surface area contributed by atoms with Crippen molar-refractivity contribution >= 4 is 39.5 Å². The first-order chi connectivity index (χ1) is 39.6. The topological polar surface area (TPSA) is 237 Å². The normalized spacial score (nSPS) is 14.6. The fourth-order valence-corrected chi connectivity index (χ4v) is 11.0. The zero-order valence-electron chi connectivity index (χ0n) is 52.6. The third kappa shape index (κ3) is 55.9. The minimum Gasteiger partial charge on any atom is -0.462 e. The van der Waals surface area contributed by atoms with E-state index in [2.05, 4.69) is 34.6 Å². The van der Waals surface area contributed by atoms with Gasteiger partial charge in [-0.1, -0.05) is 266 Å². The number of carbonyl (C=O) groups is 4. The second-order valence-electron chi connectivity index (χ2n) is 23.0. The van der Waals surface area contributed by atoms with Crippen molar-refractivity contribution in [1.82, 2.24) is 0 Å². The van der Waals surface area contributed by atoms with Gasteiger partial charge >= 0.3 is 39.5 Å². The quantitative estimate of drug-likeness (QED) is 0.0222. The molecule has 0 aliphatic carbocycles. The predicted octanol–water partition coefficient (Wildman–Crippen LogP) is 17.4. The number of esters is 4. The van der Waals surface area contributed by atoms with E-state index in [0.717, 1.165) is 115 Å². The molecule has 82 heavy (non-hydrogen) atoms. The average molecular weight is 1210 g/mol. The summed E-state index contributed by atoms with van der Waals surface area (Å²) in [5.41, 5.74) is 0. The number of phosphoric ester groups is 2. The second kappa shape index (κ2) is 56.8. The van der Waals surface area contributed by atoms with Crippen LogP contribution in [0, 0.1) is 5.92 Å². The Labute approximate surface area is 498 Å². The van der Waals surface area contributed by atoms with E-state index in [4.69, 9.17) is 37.0 Å². The lowest BCUT2D eigenvalue weighted by molar-refractivity contribution is -0.161. The van der Waals surface area contributed by atoms with Gasteiger partial charge in [-0.15, -0.1) is 0 Å². The standard InChI is InChI=1S/C63H122O17P2/c1-6-10-13-16-19-22-23-24-25-26-27-28-29-32-39-44-49-63(68)80-59(53-74-61(66)47-42-37-34-33-35-40-45-56(5)9-4)55-78-82(71,72)76-51-57(64)50-75-81(69,70)77-54-58(79-62(67)48-43-38-31-21-18-15-12-8-3)52-73-60(65)46-41-36-30-20-17-14-11-7-2/h56-59,64H,6-55H2,1-5H3,(H,69,70)(H,71,72)/t56?,57-,58+,59+/m0/s1. The molecule has 0 bridgehead atoms. The molecule has 0 spiro atoms. The van der Waals surface area contributed by atoms with Gasteiger partial charge in [-0.25, -0.2) is 9.13 Å². The number of hydrogen-bond acceptors (Lipinski definition) is 15. The van der Waals surface area contributed by atoms with Crippen molar-refractivity contribution in [1.29, 1.82) is 0 Å². The van der Waals surface area contributed by atoms with E-state index in [1.54, 1.807) is 0 Å². The molecule has 0 heterocycles. The van der Waals surface area contributed by atoms with Crippen molar-refractivity contribution in [2.24, 2.45) is 5.92 Å². The van der Waals surface area contributed by atoms with Crippen molar-refractivity contribution in [2.45, 2.75) is 335 Å². The highest BCUT2D eigenvalue weighted by atomic mass is 31.2. The summed E-state index contributed by atoms with van der Waals surface area (Å²) in [7, 11) is -9.88. The third-order valence-electron chi connectivity index (χ3n) is 14.9. The minimum absolute atomic E-state index is 0.105. The fourth-order valence-electron chi connectivity index (χ4n) is 9.37. The predicted molar refractivity (Wildman–Crippen MR) is 326 cm³/mol. The van der Waals surface area contributed by atoms with E-state index < -0.39 is 97.5 Å².